The zero-order valence-corrected chi connectivity index (χ0v) is 11.1. The van der Waals surface area contributed by atoms with Crippen LogP contribution in [0, 0.1) is 17.0 Å². The summed E-state index contributed by atoms with van der Waals surface area (Å²) in [6, 6.07) is 1.24. The molecular weight excluding hydrogens is 268 g/mol. The molecule has 0 saturated carbocycles. The fourth-order valence-corrected chi connectivity index (χ4v) is 1.66. The molecule has 2 atom stereocenters. The Labute approximate surface area is 115 Å². The minimum atomic E-state index is -1.42. The SMILES string of the molecule is CCOC(=O)CC(O)C(O)c1ncc([N+](=O)[O-])cc1C. The van der Waals surface area contributed by atoms with Crippen LogP contribution in [0.15, 0.2) is 12.3 Å². The van der Waals surface area contributed by atoms with Crippen molar-refractivity contribution in [2.75, 3.05) is 6.61 Å². The number of aryl methyl sites for hydroxylation is 1. The van der Waals surface area contributed by atoms with Gasteiger partial charge in [-0.25, -0.2) is 0 Å². The first-order chi connectivity index (χ1) is 9.36. The number of aliphatic hydroxyl groups is 2. The van der Waals surface area contributed by atoms with E-state index in [4.69, 9.17) is 0 Å². The maximum absolute atomic E-state index is 11.2. The fraction of sp³-hybridized carbons (Fsp3) is 0.500. The Hall–Kier alpha value is -2.06. The Bertz CT molecular complexity index is 505. The van der Waals surface area contributed by atoms with Gasteiger partial charge in [0.1, 0.15) is 12.3 Å². The van der Waals surface area contributed by atoms with Crippen LogP contribution in [0.25, 0.3) is 0 Å². The molecule has 0 aliphatic heterocycles. The van der Waals surface area contributed by atoms with E-state index in [2.05, 4.69) is 9.72 Å². The third kappa shape index (κ3) is 3.97. The van der Waals surface area contributed by atoms with Crippen molar-refractivity contribution in [3.05, 3.63) is 33.6 Å². The van der Waals surface area contributed by atoms with Gasteiger partial charge in [-0.1, -0.05) is 0 Å². The van der Waals surface area contributed by atoms with Gasteiger partial charge in [0.15, 0.2) is 0 Å². The molecule has 20 heavy (non-hydrogen) atoms. The number of nitrogens with zero attached hydrogens (tertiary/aromatic N) is 2. The first-order valence-electron chi connectivity index (χ1n) is 5.99. The van der Waals surface area contributed by atoms with Crippen LogP contribution in [0.2, 0.25) is 0 Å². The average Bonchev–Trinajstić information content (AvgIpc) is 2.37. The van der Waals surface area contributed by atoms with Gasteiger partial charge in [-0.05, 0) is 19.4 Å². The molecule has 1 rings (SSSR count). The minimum absolute atomic E-state index is 0.0902. The highest BCUT2D eigenvalue weighted by molar-refractivity contribution is 5.70. The number of aliphatic hydroxyl groups excluding tert-OH is 2. The lowest BCUT2D eigenvalue weighted by Crippen LogP contribution is -2.24. The zero-order chi connectivity index (χ0) is 15.3. The van der Waals surface area contributed by atoms with Crippen molar-refractivity contribution in [3.8, 4) is 0 Å². The molecule has 110 valence electrons. The molecule has 0 aliphatic rings. The second kappa shape index (κ2) is 6.92. The van der Waals surface area contributed by atoms with Crippen LogP contribution >= 0.6 is 0 Å². The minimum Gasteiger partial charge on any atom is -0.466 e. The molecule has 2 N–H and O–H groups in total. The first kappa shape index (κ1) is 16.0. The lowest BCUT2D eigenvalue weighted by Gasteiger charge is -2.18. The number of hydrogen-bond donors (Lipinski definition) is 2. The van der Waals surface area contributed by atoms with Crippen molar-refractivity contribution in [2.24, 2.45) is 0 Å². The van der Waals surface area contributed by atoms with E-state index >= 15 is 0 Å². The molecule has 0 amide bonds. The summed E-state index contributed by atoms with van der Waals surface area (Å²) in [6.45, 7) is 3.33. The van der Waals surface area contributed by atoms with Crippen molar-refractivity contribution in [3.63, 3.8) is 0 Å². The summed E-state index contributed by atoms with van der Waals surface area (Å²) in [6.07, 6.45) is -2.20. The maximum Gasteiger partial charge on any atom is 0.308 e. The summed E-state index contributed by atoms with van der Waals surface area (Å²) < 4.78 is 4.66. The molecule has 8 heteroatoms. The molecule has 0 spiro atoms. The number of ether oxygens (including phenoxy) is 1. The molecule has 8 nitrogen and oxygen atoms in total. The maximum atomic E-state index is 11.2. The third-order valence-electron chi connectivity index (χ3n) is 2.64. The van der Waals surface area contributed by atoms with Crippen molar-refractivity contribution in [1.82, 2.24) is 4.98 Å². The van der Waals surface area contributed by atoms with Crippen molar-refractivity contribution in [1.29, 1.82) is 0 Å². The van der Waals surface area contributed by atoms with Gasteiger partial charge in [0.05, 0.1) is 29.7 Å². The van der Waals surface area contributed by atoms with Crippen LogP contribution in [-0.4, -0.2) is 38.8 Å². The third-order valence-corrected chi connectivity index (χ3v) is 2.64. The van der Waals surface area contributed by atoms with Crippen LogP contribution in [0.5, 0.6) is 0 Å². The van der Waals surface area contributed by atoms with Gasteiger partial charge in [0.25, 0.3) is 5.69 Å². The van der Waals surface area contributed by atoms with Crippen molar-refractivity contribution < 1.29 is 24.7 Å². The number of nitro groups is 1. The molecule has 0 radical (unpaired) electrons. The number of hydrogen-bond acceptors (Lipinski definition) is 7. The lowest BCUT2D eigenvalue weighted by molar-refractivity contribution is -0.385. The predicted molar refractivity (Wildman–Crippen MR) is 67.8 cm³/mol. The summed E-state index contributed by atoms with van der Waals surface area (Å²) in [7, 11) is 0. The predicted octanol–water partition coefficient (Wildman–Crippen LogP) is 0.646. The van der Waals surface area contributed by atoms with Gasteiger partial charge < -0.3 is 14.9 Å². The van der Waals surface area contributed by atoms with E-state index in [0.29, 0.717) is 5.56 Å². The standard InChI is InChI=1S/C12H16N2O6/c1-3-20-10(16)5-9(15)12(17)11-7(2)4-8(6-13-11)14(18)19/h4,6,9,12,15,17H,3,5H2,1-2H3. The van der Waals surface area contributed by atoms with E-state index in [9.17, 15) is 25.1 Å². The van der Waals surface area contributed by atoms with Crippen molar-refractivity contribution in [2.45, 2.75) is 32.5 Å². The Balaban J connectivity index is 2.83. The van der Waals surface area contributed by atoms with Crippen LogP contribution in [-0.2, 0) is 9.53 Å². The summed E-state index contributed by atoms with van der Waals surface area (Å²) in [5.74, 6) is -0.640. The Kier molecular flexibility index (Phi) is 5.53. The Morgan fingerprint density at radius 1 is 1.55 bits per heavy atom. The van der Waals surface area contributed by atoms with Gasteiger partial charge in [-0.2, -0.15) is 0 Å². The highest BCUT2D eigenvalue weighted by Gasteiger charge is 2.25. The second-order valence-corrected chi connectivity index (χ2v) is 4.17. The topological polar surface area (TPSA) is 123 Å². The number of carbonyl (C=O) groups is 1. The summed E-state index contributed by atoms with van der Waals surface area (Å²) in [5.41, 5.74) is 0.236. The molecule has 0 aliphatic carbocycles. The normalized spacial score (nSPS) is 13.6. The zero-order valence-electron chi connectivity index (χ0n) is 11.1. The fourth-order valence-electron chi connectivity index (χ4n) is 1.66. The van der Waals surface area contributed by atoms with Gasteiger partial charge in [0.2, 0.25) is 0 Å². The summed E-state index contributed by atoms with van der Waals surface area (Å²) in [4.78, 5) is 25.0. The van der Waals surface area contributed by atoms with Gasteiger partial charge >= 0.3 is 5.97 Å². The second-order valence-electron chi connectivity index (χ2n) is 4.17. The largest absolute Gasteiger partial charge is 0.466 e. The van der Waals surface area contributed by atoms with Gasteiger partial charge in [-0.15, -0.1) is 0 Å². The molecule has 1 aromatic rings. The van der Waals surface area contributed by atoms with E-state index in [1.165, 1.54) is 13.0 Å². The monoisotopic (exact) mass is 284 g/mol. The smallest absolute Gasteiger partial charge is 0.308 e. The Morgan fingerprint density at radius 3 is 2.70 bits per heavy atom. The highest BCUT2D eigenvalue weighted by atomic mass is 16.6. The van der Waals surface area contributed by atoms with E-state index in [0.717, 1.165) is 6.20 Å². The van der Waals surface area contributed by atoms with Crippen LogP contribution in [0.1, 0.15) is 30.7 Å². The Morgan fingerprint density at radius 2 is 2.20 bits per heavy atom. The summed E-state index contributed by atoms with van der Waals surface area (Å²) in [5, 5.41) is 30.3. The van der Waals surface area contributed by atoms with E-state index in [1.807, 2.05) is 0 Å². The van der Waals surface area contributed by atoms with Crippen LogP contribution in [0.3, 0.4) is 0 Å². The summed E-state index contributed by atoms with van der Waals surface area (Å²) >= 11 is 0. The number of esters is 1. The molecule has 0 saturated heterocycles. The molecular formula is C12H16N2O6. The van der Waals surface area contributed by atoms with Gasteiger partial charge in [-0.3, -0.25) is 19.9 Å². The molecule has 2 unspecified atom stereocenters. The van der Waals surface area contributed by atoms with E-state index in [1.54, 1.807) is 6.92 Å². The molecule has 0 bridgehead atoms. The highest BCUT2D eigenvalue weighted by Crippen LogP contribution is 2.23. The molecule has 0 aromatic carbocycles. The molecule has 0 fully saturated rings. The first-order valence-corrected chi connectivity index (χ1v) is 5.99. The number of aromatic nitrogens is 1. The molecule has 1 aromatic heterocycles. The molecule has 1 heterocycles. The van der Waals surface area contributed by atoms with Crippen LogP contribution in [0.4, 0.5) is 5.69 Å². The van der Waals surface area contributed by atoms with Crippen LogP contribution < -0.4 is 0 Å². The van der Waals surface area contributed by atoms with E-state index < -0.39 is 23.1 Å². The average molecular weight is 284 g/mol. The number of carbonyl (C=O) groups excluding carboxylic acids is 1. The lowest BCUT2D eigenvalue weighted by atomic mass is 10.0. The van der Waals surface area contributed by atoms with E-state index in [-0.39, 0.29) is 24.4 Å². The van der Waals surface area contributed by atoms with Crippen molar-refractivity contribution >= 4 is 11.7 Å². The number of rotatable bonds is 6. The number of pyridine rings is 1. The van der Waals surface area contributed by atoms with Gasteiger partial charge in [0, 0.05) is 6.07 Å². The quantitative estimate of drug-likeness (QED) is 0.446.